The molecule has 0 spiro atoms. The summed E-state index contributed by atoms with van der Waals surface area (Å²) in [5.74, 6) is 1.81. The first-order chi connectivity index (χ1) is 9.74. The highest BCUT2D eigenvalue weighted by molar-refractivity contribution is 5.42. The van der Waals surface area contributed by atoms with Gasteiger partial charge in [-0.1, -0.05) is 12.1 Å². The lowest BCUT2D eigenvalue weighted by Gasteiger charge is -2.14. The van der Waals surface area contributed by atoms with Crippen LogP contribution in [0.1, 0.15) is 29.5 Å². The summed E-state index contributed by atoms with van der Waals surface area (Å²) in [5, 5.41) is 3.51. The van der Waals surface area contributed by atoms with Crippen molar-refractivity contribution in [2.45, 2.75) is 39.3 Å². The molecule has 1 aliphatic carbocycles. The van der Waals surface area contributed by atoms with Crippen molar-refractivity contribution in [2.24, 2.45) is 0 Å². The number of pyridine rings is 1. The van der Waals surface area contributed by atoms with Crippen LogP contribution in [0.3, 0.4) is 0 Å². The van der Waals surface area contributed by atoms with Gasteiger partial charge in [-0.15, -0.1) is 0 Å². The summed E-state index contributed by atoms with van der Waals surface area (Å²) in [6, 6.07) is 8.77. The van der Waals surface area contributed by atoms with Crippen LogP contribution in [0.15, 0.2) is 36.7 Å². The second kappa shape index (κ2) is 5.63. The molecule has 2 aromatic rings. The third-order valence-electron chi connectivity index (χ3n) is 3.79. The third-order valence-corrected chi connectivity index (χ3v) is 3.79. The van der Waals surface area contributed by atoms with Gasteiger partial charge >= 0.3 is 0 Å². The summed E-state index contributed by atoms with van der Waals surface area (Å²) in [4.78, 5) is 4.21. The molecule has 1 saturated carbocycles. The van der Waals surface area contributed by atoms with Crippen LogP contribution < -0.4 is 10.1 Å². The first-order valence-corrected chi connectivity index (χ1v) is 7.14. The second-order valence-corrected chi connectivity index (χ2v) is 5.44. The molecule has 1 aromatic carbocycles. The van der Waals surface area contributed by atoms with Gasteiger partial charge in [0.15, 0.2) is 0 Å². The van der Waals surface area contributed by atoms with Crippen LogP contribution in [0, 0.1) is 13.8 Å². The van der Waals surface area contributed by atoms with E-state index in [1.165, 1.54) is 24.0 Å². The number of aryl methyl sites for hydroxylation is 1. The molecule has 0 atom stereocenters. The predicted molar refractivity (Wildman–Crippen MR) is 80.1 cm³/mol. The summed E-state index contributed by atoms with van der Waals surface area (Å²) in [7, 11) is 0. The summed E-state index contributed by atoms with van der Waals surface area (Å²) in [6.45, 7) is 5.01. The Kier molecular flexibility index (Phi) is 3.70. The van der Waals surface area contributed by atoms with E-state index < -0.39 is 0 Å². The van der Waals surface area contributed by atoms with E-state index in [0.717, 1.165) is 23.6 Å². The van der Waals surface area contributed by atoms with Gasteiger partial charge in [0.2, 0.25) is 0 Å². The van der Waals surface area contributed by atoms with Crippen LogP contribution in [-0.4, -0.2) is 11.0 Å². The largest absolute Gasteiger partial charge is 0.457 e. The van der Waals surface area contributed by atoms with Gasteiger partial charge < -0.3 is 10.1 Å². The van der Waals surface area contributed by atoms with Crippen LogP contribution in [0.25, 0.3) is 0 Å². The number of ether oxygens (including phenoxy) is 1. The van der Waals surface area contributed by atoms with Crippen LogP contribution in [0.2, 0.25) is 0 Å². The number of aromatic nitrogens is 1. The molecule has 1 aliphatic rings. The maximum absolute atomic E-state index is 6.09. The average Bonchev–Trinajstić information content (AvgIpc) is 3.27. The van der Waals surface area contributed by atoms with Gasteiger partial charge in [-0.3, -0.25) is 4.98 Å². The number of nitrogens with one attached hydrogen (secondary N) is 1. The molecular weight excluding hydrogens is 248 g/mol. The van der Waals surface area contributed by atoms with Crippen molar-refractivity contribution in [3.05, 3.63) is 53.3 Å². The lowest BCUT2D eigenvalue weighted by atomic mass is 10.1. The smallest absolute Gasteiger partial charge is 0.135 e. The second-order valence-electron chi connectivity index (χ2n) is 5.44. The number of benzene rings is 1. The molecule has 0 saturated heterocycles. The zero-order valence-corrected chi connectivity index (χ0v) is 12.0. The van der Waals surface area contributed by atoms with Crippen LogP contribution >= 0.6 is 0 Å². The van der Waals surface area contributed by atoms with Gasteiger partial charge in [-0.2, -0.15) is 0 Å². The highest BCUT2D eigenvalue weighted by atomic mass is 16.5. The van der Waals surface area contributed by atoms with E-state index in [1.807, 2.05) is 24.4 Å². The minimum absolute atomic E-state index is 0.684. The molecule has 104 valence electrons. The normalized spacial score (nSPS) is 14.3. The Bertz CT molecular complexity index is 606. The predicted octanol–water partition coefficient (Wildman–Crippen LogP) is 3.74. The SMILES string of the molecule is Cc1cccc(Oc2ccncc2CNC2CC2)c1C. The molecule has 3 rings (SSSR count). The minimum atomic E-state index is 0.684. The van der Waals surface area contributed by atoms with Crippen molar-refractivity contribution in [1.82, 2.24) is 10.3 Å². The topological polar surface area (TPSA) is 34.1 Å². The van der Waals surface area contributed by atoms with Gasteiger partial charge in [0, 0.05) is 30.5 Å². The van der Waals surface area contributed by atoms with E-state index in [0.29, 0.717) is 6.04 Å². The zero-order valence-electron chi connectivity index (χ0n) is 12.0. The van der Waals surface area contributed by atoms with Crippen LogP contribution in [0.4, 0.5) is 0 Å². The molecule has 1 N–H and O–H groups in total. The van der Waals surface area contributed by atoms with Gasteiger partial charge in [-0.25, -0.2) is 0 Å². The van der Waals surface area contributed by atoms with Crippen molar-refractivity contribution < 1.29 is 4.74 Å². The van der Waals surface area contributed by atoms with Crippen molar-refractivity contribution in [3.8, 4) is 11.5 Å². The van der Waals surface area contributed by atoms with Crippen molar-refractivity contribution in [2.75, 3.05) is 0 Å². The molecule has 3 nitrogen and oxygen atoms in total. The average molecular weight is 268 g/mol. The van der Waals surface area contributed by atoms with E-state index in [4.69, 9.17) is 4.74 Å². The van der Waals surface area contributed by atoms with Crippen molar-refractivity contribution in [3.63, 3.8) is 0 Å². The Morgan fingerprint density at radius 2 is 2.05 bits per heavy atom. The number of nitrogens with zero attached hydrogens (tertiary/aromatic N) is 1. The third kappa shape index (κ3) is 2.99. The summed E-state index contributed by atoms with van der Waals surface area (Å²) < 4.78 is 6.09. The highest BCUT2D eigenvalue weighted by Gasteiger charge is 2.20. The minimum Gasteiger partial charge on any atom is -0.457 e. The molecule has 1 fully saturated rings. The molecule has 0 amide bonds. The maximum atomic E-state index is 6.09. The Labute approximate surface area is 120 Å². The standard InChI is InChI=1S/C17H20N2O/c1-12-4-3-5-16(13(12)2)20-17-8-9-18-10-14(17)11-19-15-6-7-15/h3-5,8-10,15,19H,6-7,11H2,1-2H3. The van der Waals surface area contributed by atoms with Crippen LogP contribution in [0.5, 0.6) is 11.5 Å². The summed E-state index contributed by atoms with van der Waals surface area (Å²) in [6.07, 6.45) is 6.23. The van der Waals surface area contributed by atoms with E-state index in [2.05, 4.69) is 30.2 Å². The maximum Gasteiger partial charge on any atom is 0.135 e. The monoisotopic (exact) mass is 268 g/mol. The van der Waals surface area contributed by atoms with E-state index in [9.17, 15) is 0 Å². The molecule has 0 unspecified atom stereocenters. The Balaban J connectivity index is 1.80. The van der Waals surface area contributed by atoms with Gasteiger partial charge in [0.1, 0.15) is 11.5 Å². The lowest BCUT2D eigenvalue weighted by molar-refractivity contribution is 0.467. The molecule has 1 aromatic heterocycles. The van der Waals surface area contributed by atoms with E-state index in [-0.39, 0.29) is 0 Å². The molecule has 20 heavy (non-hydrogen) atoms. The fraction of sp³-hybridized carbons (Fsp3) is 0.353. The van der Waals surface area contributed by atoms with Crippen LogP contribution in [-0.2, 0) is 6.54 Å². The van der Waals surface area contributed by atoms with Crippen molar-refractivity contribution in [1.29, 1.82) is 0 Å². The molecule has 0 bridgehead atoms. The van der Waals surface area contributed by atoms with E-state index >= 15 is 0 Å². The van der Waals surface area contributed by atoms with Gasteiger partial charge in [0.25, 0.3) is 0 Å². The first-order valence-electron chi connectivity index (χ1n) is 7.14. The number of hydrogen-bond donors (Lipinski definition) is 1. The highest BCUT2D eigenvalue weighted by Crippen LogP contribution is 2.29. The van der Waals surface area contributed by atoms with Gasteiger partial charge in [-0.05, 0) is 49.9 Å². The Morgan fingerprint density at radius 1 is 1.20 bits per heavy atom. The molecular formula is C17H20N2O. The molecule has 0 radical (unpaired) electrons. The quantitative estimate of drug-likeness (QED) is 0.897. The van der Waals surface area contributed by atoms with E-state index in [1.54, 1.807) is 6.20 Å². The zero-order chi connectivity index (χ0) is 13.9. The lowest BCUT2D eigenvalue weighted by Crippen LogP contribution is -2.15. The number of hydrogen-bond acceptors (Lipinski definition) is 3. The molecule has 3 heteroatoms. The fourth-order valence-corrected chi connectivity index (χ4v) is 2.14. The molecule has 1 heterocycles. The Hall–Kier alpha value is -1.87. The Morgan fingerprint density at radius 3 is 2.85 bits per heavy atom. The van der Waals surface area contributed by atoms with Gasteiger partial charge in [0.05, 0.1) is 0 Å². The molecule has 0 aliphatic heterocycles. The number of rotatable bonds is 5. The first kappa shape index (κ1) is 13.1. The fourth-order valence-electron chi connectivity index (χ4n) is 2.14. The summed E-state index contributed by atoms with van der Waals surface area (Å²) in [5.41, 5.74) is 3.54. The summed E-state index contributed by atoms with van der Waals surface area (Å²) >= 11 is 0. The van der Waals surface area contributed by atoms with Crippen molar-refractivity contribution >= 4 is 0 Å².